The summed E-state index contributed by atoms with van der Waals surface area (Å²) in [6.45, 7) is 1.86. The molecule has 1 aliphatic rings. The van der Waals surface area contributed by atoms with Crippen molar-refractivity contribution in [1.82, 2.24) is 10.2 Å². The van der Waals surface area contributed by atoms with Crippen LogP contribution in [0, 0.1) is 5.82 Å². The molecule has 2 N–H and O–H groups in total. The van der Waals surface area contributed by atoms with Gasteiger partial charge in [0.05, 0.1) is 12.6 Å². The van der Waals surface area contributed by atoms with E-state index in [9.17, 15) is 14.0 Å². The third-order valence-electron chi connectivity index (χ3n) is 3.49. The molecule has 0 radical (unpaired) electrons. The second-order valence-electron chi connectivity index (χ2n) is 5.43. The lowest BCUT2D eigenvalue weighted by Gasteiger charge is -2.23. The number of carbonyl (C=O) groups excluding carboxylic acids is 2. The fourth-order valence-corrected chi connectivity index (χ4v) is 1.85. The normalized spacial score (nSPS) is 15.6. The van der Waals surface area contributed by atoms with E-state index in [1.807, 2.05) is 0 Å². The van der Waals surface area contributed by atoms with Crippen LogP contribution < -0.4 is 10.6 Å². The van der Waals surface area contributed by atoms with Crippen LogP contribution in [0.3, 0.4) is 0 Å². The van der Waals surface area contributed by atoms with E-state index in [0.717, 1.165) is 12.8 Å². The fourth-order valence-electron chi connectivity index (χ4n) is 1.85. The van der Waals surface area contributed by atoms with E-state index in [1.165, 1.54) is 24.3 Å². The van der Waals surface area contributed by atoms with Crippen molar-refractivity contribution < 1.29 is 14.0 Å². The van der Waals surface area contributed by atoms with Gasteiger partial charge >= 0.3 is 0 Å². The summed E-state index contributed by atoms with van der Waals surface area (Å²) in [7, 11) is 1.72. The number of nitrogens with zero attached hydrogens (tertiary/aromatic N) is 1. The first kappa shape index (κ1) is 15.4. The van der Waals surface area contributed by atoms with Gasteiger partial charge in [-0.2, -0.15) is 0 Å². The molecule has 21 heavy (non-hydrogen) atoms. The molecule has 0 aliphatic heterocycles. The van der Waals surface area contributed by atoms with Crippen molar-refractivity contribution in [3.63, 3.8) is 0 Å². The Kier molecular flexibility index (Phi) is 4.90. The Balaban J connectivity index is 1.80. The van der Waals surface area contributed by atoms with Crippen molar-refractivity contribution in [2.24, 2.45) is 0 Å². The third-order valence-corrected chi connectivity index (χ3v) is 3.49. The van der Waals surface area contributed by atoms with Crippen LogP contribution in [-0.2, 0) is 9.59 Å². The van der Waals surface area contributed by atoms with E-state index in [2.05, 4.69) is 10.6 Å². The highest BCUT2D eigenvalue weighted by atomic mass is 19.1. The molecule has 1 fully saturated rings. The van der Waals surface area contributed by atoms with Gasteiger partial charge in [-0.1, -0.05) is 0 Å². The molecular formula is C15H20FN3O2. The number of carbonyl (C=O) groups is 2. The number of nitrogens with one attached hydrogen (secondary N) is 2. The molecule has 1 aliphatic carbocycles. The zero-order chi connectivity index (χ0) is 15.4. The molecule has 1 saturated carbocycles. The van der Waals surface area contributed by atoms with E-state index in [1.54, 1.807) is 18.9 Å². The van der Waals surface area contributed by atoms with Gasteiger partial charge in [0.2, 0.25) is 11.8 Å². The maximum absolute atomic E-state index is 12.8. The number of hydrogen-bond acceptors (Lipinski definition) is 3. The van der Waals surface area contributed by atoms with Crippen LogP contribution in [0.15, 0.2) is 24.3 Å². The molecule has 114 valence electrons. The largest absolute Gasteiger partial charge is 0.352 e. The van der Waals surface area contributed by atoms with Gasteiger partial charge in [-0.3, -0.25) is 14.5 Å². The Morgan fingerprint density at radius 3 is 2.52 bits per heavy atom. The number of rotatable bonds is 6. The van der Waals surface area contributed by atoms with E-state index in [4.69, 9.17) is 0 Å². The van der Waals surface area contributed by atoms with Crippen LogP contribution in [0.4, 0.5) is 10.1 Å². The number of hydrogen-bond donors (Lipinski definition) is 2. The van der Waals surface area contributed by atoms with Crippen molar-refractivity contribution >= 4 is 17.5 Å². The lowest BCUT2D eigenvalue weighted by Crippen LogP contribution is -2.46. The maximum Gasteiger partial charge on any atom is 0.238 e. The van der Waals surface area contributed by atoms with Gasteiger partial charge in [-0.15, -0.1) is 0 Å². The molecule has 5 nitrogen and oxygen atoms in total. The molecule has 0 heterocycles. The minimum atomic E-state index is -0.371. The number of likely N-dealkylation sites (N-methyl/N-ethyl adjacent to an activating group) is 1. The van der Waals surface area contributed by atoms with Crippen LogP contribution in [-0.4, -0.2) is 42.4 Å². The highest BCUT2D eigenvalue weighted by Gasteiger charge is 2.27. The highest BCUT2D eigenvalue weighted by Crippen LogP contribution is 2.19. The van der Waals surface area contributed by atoms with Crippen LogP contribution in [0.25, 0.3) is 0 Å². The second-order valence-corrected chi connectivity index (χ2v) is 5.43. The Hall–Kier alpha value is -1.95. The third kappa shape index (κ3) is 4.82. The Morgan fingerprint density at radius 1 is 1.33 bits per heavy atom. The van der Waals surface area contributed by atoms with Crippen molar-refractivity contribution in [1.29, 1.82) is 0 Å². The molecule has 1 aromatic rings. The predicted octanol–water partition coefficient (Wildman–Crippen LogP) is 1.36. The summed E-state index contributed by atoms with van der Waals surface area (Å²) in [6, 6.07) is 5.49. The summed E-state index contributed by atoms with van der Waals surface area (Å²) in [6.07, 6.45) is 2.07. The van der Waals surface area contributed by atoms with Gasteiger partial charge in [-0.25, -0.2) is 4.39 Å². The standard InChI is InChI=1S/C15H20FN3O2/c1-10(15(21)18-13-7-8-13)19(2)9-14(20)17-12-5-3-11(16)4-6-12/h3-6,10,13H,7-9H2,1-2H3,(H,17,20)(H,18,21)/t10-/m1/s1. The minimum Gasteiger partial charge on any atom is -0.352 e. The maximum atomic E-state index is 12.8. The quantitative estimate of drug-likeness (QED) is 0.832. The molecule has 0 unspecified atom stereocenters. The zero-order valence-electron chi connectivity index (χ0n) is 12.2. The summed E-state index contributed by atoms with van der Waals surface area (Å²) >= 11 is 0. The first-order valence-corrected chi connectivity index (χ1v) is 7.01. The van der Waals surface area contributed by atoms with Crippen LogP contribution in [0.1, 0.15) is 19.8 Å². The van der Waals surface area contributed by atoms with Gasteiger partial charge in [0.25, 0.3) is 0 Å². The number of halogens is 1. The van der Waals surface area contributed by atoms with Gasteiger partial charge in [0.1, 0.15) is 5.82 Å². The molecule has 6 heteroatoms. The van der Waals surface area contributed by atoms with Gasteiger partial charge in [0, 0.05) is 11.7 Å². The fraction of sp³-hybridized carbons (Fsp3) is 0.467. The number of benzene rings is 1. The number of anilines is 1. The molecule has 2 rings (SSSR count). The topological polar surface area (TPSA) is 61.4 Å². The van der Waals surface area contributed by atoms with Crippen molar-refractivity contribution in [3.05, 3.63) is 30.1 Å². The summed E-state index contributed by atoms with van der Waals surface area (Å²) in [4.78, 5) is 25.5. The van der Waals surface area contributed by atoms with Crippen LogP contribution in [0.5, 0.6) is 0 Å². The molecule has 1 atom stereocenters. The molecule has 1 aromatic carbocycles. The van der Waals surface area contributed by atoms with Gasteiger partial charge in [-0.05, 0) is 51.1 Å². The van der Waals surface area contributed by atoms with Crippen molar-refractivity contribution in [3.8, 4) is 0 Å². The lowest BCUT2D eigenvalue weighted by molar-refractivity contribution is -0.126. The Labute approximate surface area is 123 Å². The minimum absolute atomic E-state index is 0.0606. The monoisotopic (exact) mass is 293 g/mol. The summed E-state index contributed by atoms with van der Waals surface area (Å²) in [5, 5.41) is 5.58. The molecule has 0 bridgehead atoms. The second kappa shape index (κ2) is 6.67. The molecular weight excluding hydrogens is 273 g/mol. The first-order valence-electron chi connectivity index (χ1n) is 7.01. The number of amides is 2. The highest BCUT2D eigenvalue weighted by molar-refractivity contribution is 5.92. The zero-order valence-corrected chi connectivity index (χ0v) is 12.2. The Morgan fingerprint density at radius 2 is 1.95 bits per heavy atom. The molecule has 0 saturated heterocycles. The van der Waals surface area contributed by atoms with Gasteiger partial charge < -0.3 is 10.6 Å². The smallest absolute Gasteiger partial charge is 0.238 e. The van der Waals surface area contributed by atoms with E-state index < -0.39 is 0 Å². The summed E-state index contributed by atoms with van der Waals surface area (Å²) < 4.78 is 12.8. The van der Waals surface area contributed by atoms with Crippen LogP contribution >= 0.6 is 0 Å². The van der Waals surface area contributed by atoms with E-state index in [0.29, 0.717) is 11.7 Å². The average molecular weight is 293 g/mol. The van der Waals surface area contributed by atoms with Crippen molar-refractivity contribution in [2.45, 2.75) is 31.8 Å². The first-order chi connectivity index (χ1) is 9.95. The Bertz CT molecular complexity index is 514. The SMILES string of the molecule is C[C@H](C(=O)NC1CC1)N(C)CC(=O)Nc1ccc(F)cc1. The van der Waals surface area contributed by atoms with Gasteiger partial charge in [0.15, 0.2) is 0 Å². The molecule has 0 spiro atoms. The summed E-state index contributed by atoms with van der Waals surface area (Å²) in [5.41, 5.74) is 0.532. The lowest BCUT2D eigenvalue weighted by atomic mass is 10.2. The molecule has 0 aromatic heterocycles. The van der Waals surface area contributed by atoms with Crippen molar-refractivity contribution in [2.75, 3.05) is 18.9 Å². The van der Waals surface area contributed by atoms with E-state index in [-0.39, 0.29) is 30.2 Å². The molecule has 2 amide bonds. The van der Waals surface area contributed by atoms with E-state index >= 15 is 0 Å². The van der Waals surface area contributed by atoms with Crippen LogP contribution in [0.2, 0.25) is 0 Å². The average Bonchev–Trinajstić information content (AvgIpc) is 3.24. The summed E-state index contributed by atoms with van der Waals surface area (Å²) in [5.74, 6) is -0.653. The predicted molar refractivity (Wildman–Crippen MR) is 78.3 cm³/mol.